The summed E-state index contributed by atoms with van der Waals surface area (Å²) in [6.45, 7) is 11.7. The predicted molar refractivity (Wildman–Crippen MR) is 81.8 cm³/mol. The van der Waals surface area contributed by atoms with Crippen LogP contribution in [0.1, 0.15) is 62.6 Å². The molecule has 1 aliphatic carbocycles. The molecule has 1 saturated carbocycles. The quantitative estimate of drug-likeness (QED) is 0.797. The molecule has 1 aliphatic heterocycles. The number of rotatable bonds is 1. The third-order valence-electron chi connectivity index (χ3n) is 5.28. The molecule has 1 aromatic carbocycles. The van der Waals surface area contributed by atoms with Gasteiger partial charge in [0.05, 0.1) is 0 Å². The van der Waals surface area contributed by atoms with Crippen molar-refractivity contribution in [2.45, 2.75) is 58.3 Å². The van der Waals surface area contributed by atoms with Crippen LogP contribution in [0.25, 0.3) is 0 Å². The number of benzene rings is 1. The molecule has 1 unspecified atom stereocenters. The topological polar surface area (TPSA) is 12.0 Å². The second-order valence-corrected chi connectivity index (χ2v) is 7.86. The van der Waals surface area contributed by atoms with E-state index in [4.69, 9.17) is 0 Å². The molecule has 0 bridgehead atoms. The summed E-state index contributed by atoms with van der Waals surface area (Å²) in [6.07, 6.45) is 4.21. The van der Waals surface area contributed by atoms with Crippen LogP contribution in [0.3, 0.4) is 0 Å². The van der Waals surface area contributed by atoms with Crippen LogP contribution >= 0.6 is 0 Å². The van der Waals surface area contributed by atoms with Gasteiger partial charge in [-0.15, -0.1) is 0 Å². The Kier molecular flexibility index (Phi) is 3.01. The molecule has 0 radical (unpaired) electrons. The lowest BCUT2D eigenvalue weighted by atomic mass is 9.78. The Balaban J connectivity index is 1.82. The van der Waals surface area contributed by atoms with E-state index in [0.717, 1.165) is 5.92 Å². The van der Waals surface area contributed by atoms with Gasteiger partial charge in [-0.3, -0.25) is 0 Å². The van der Waals surface area contributed by atoms with Crippen molar-refractivity contribution in [1.82, 2.24) is 5.32 Å². The maximum Gasteiger partial charge on any atom is 0.00204 e. The van der Waals surface area contributed by atoms with Gasteiger partial charge in [-0.25, -0.2) is 0 Å². The second-order valence-electron chi connectivity index (χ2n) is 7.86. The van der Waals surface area contributed by atoms with Crippen molar-refractivity contribution in [3.05, 3.63) is 34.9 Å². The minimum Gasteiger partial charge on any atom is -0.316 e. The van der Waals surface area contributed by atoms with Crippen LogP contribution in [0.2, 0.25) is 0 Å². The fourth-order valence-corrected chi connectivity index (χ4v) is 3.87. The molecule has 1 saturated heterocycles. The molecule has 0 aromatic heterocycles. The molecule has 1 N–H and O–H groups in total. The van der Waals surface area contributed by atoms with Crippen LogP contribution in [-0.4, -0.2) is 13.1 Å². The highest BCUT2D eigenvalue weighted by Gasteiger charge is 2.44. The largest absolute Gasteiger partial charge is 0.316 e. The Hall–Kier alpha value is -0.820. The Morgan fingerprint density at radius 2 is 1.95 bits per heavy atom. The number of aryl methyl sites for hydroxylation is 1. The molecule has 1 aromatic rings. The Morgan fingerprint density at radius 1 is 1.21 bits per heavy atom. The summed E-state index contributed by atoms with van der Waals surface area (Å²) >= 11 is 0. The normalized spacial score (nSPS) is 25.6. The molecule has 104 valence electrons. The Morgan fingerprint density at radius 3 is 2.42 bits per heavy atom. The summed E-state index contributed by atoms with van der Waals surface area (Å²) in [5, 5.41) is 3.46. The van der Waals surface area contributed by atoms with E-state index in [0.29, 0.717) is 5.41 Å². The first-order valence-electron chi connectivity index (χ1n) is 7.71. The van der Waals surface area contributed by atoms with Crippen LogP contribution in [0.5, 0.6) is 0 Å². The zero-order valence-corrected chi connectivity index (χ0v) is 12.8. The first-order chi connectivity index (χ1) is 8.90. The molecule has 1 nitrogen and oxygen atoms in total. The van der Waals surface area contributed by atoms with Gasteiger partial charge < -0.3 is 5.32 Å². The summed E-state index contributed by atoms with van der Waals surface area (Å²) in [7, 11) is 0. The van der Waals surface area contributed by atoms with E-state index in [1.807, 2.05) is 0 Å². The van der Waals surface area contributed by atoms with Gasteiger partial charge in [0.2, 0.25) is 0 Å². The summed E-state index contributed by atoms with van der Waals surface area (Å²) in [4.78, 5) is 0. The highest BCUT2D eigenvalue weighted by atomic mass is 15.0. The standard InChI is InChI=1S/C18H27N/c1-13-9-15(17(2,3)4)5-6-16(13)14-7-8-18(10-14)11-19-12-18/h5-6,9,14,19H,7-8,10-12H2,1-4H3. The zero-order chi connectivity index (χ0) is 13.7. The average molecular weight is 257 g/mol. The average Bonchev–Trinajstić information content (AvgIpc) is 2.72. The third kappa shape index (κ3) is 2.33. The Labute approximate surface area is 117 Å². The van der Waals surface area contributed by atoms with Crippen molar-refractivity contribution in [2.75, 3.05) is 13.1 Å². The molecule has 1 heterocycles. The maximum atomic E-state index is 3.46. The summed E-state index contributed by atoms with van der Waals surface area (Å²) < 4.78 is 0. The van der Waals surface area contributed by atoms with Gasteiger partial charge in [0.15, 0.2) is 0 Å². The molecule has 0 amide bonds. The summed E-state index contributed by atoms with van der Waals surface area (Å²) in [5.41, 5.74) is 5.49. The van der Waals surface area contributed by atoms with Crippen LogP contribution in [-0.2, 0) is 5.41 Å². The van der Waals surface area contributed by atoms with E-state index < -0.39 is 0 Å². The van der Waals surface area contributed by atoms with Gasteiger partial charge in [-0.2, -0.15) is 0 Å². The molecule has 19 heavy (non-hydrogen) atoms. The highest BCUT2D eigenvalue weighted by Crippen LogP contribution is 2.49. The molecule has 1 spiro atoms. The van der Waals surface area contributed by atoms with Crippen molar-refractivity contribution in [3.63, 3.8) is 0 Å². The first kappa shape index (κ1) is 13.2. The SMILES string of the molecule is Cc1cc(C(C)(C)C)ccc1C1CCC2(CNC2)C1. The van der Waals surface area contributed by atoms with Crippen molar-refractivity contribution in [1.29, 1.82) is 0 Å². The molecular formula is C18H27N. The van der Waals surface area contributed by atoms with E-state index in [1.54, 1.807) is 5.56 Å². The van der Waals surface area contributed by atoms with Crippen molar-refractivity contribution in [3.8, 4) is 0 Å². The van der Waals surface area contributed by atoms with Crippen LogP contribution in [0, 0.1) is 12.3 Å². The van der Waals surface area contributed by atoms with Crippen LogP contribution in [0.15, 0.2) is 18.2 Å². The predicted octanol–water partition coefficient (Wildman–Crippen LogP) is 4.15. The van der Waals surface area contributed by atoms with Crippen molar-refractivity contribution in [2.24, 2.45) is 5.41 Å². The van der Waals surface area contributed by atoms with Gasteiger partial charge >= 0.3 is 0 Å². The van der Waals surface area contributed by atoms with Gasteiger partial charge in [-0.05, 0) is 59.6 Å². The lowest BCUT2D eigenvalue weighted by Crippen LogP contribution is -2.51. The third-order valence-corrected chi connectivity index (χ3v) is 5.28. The number of hydrogen-bond acceptors (Lipinski definition) is 1. The number of nitrogens with one attached hydrogen (secondary N) is 1. The summed E-state index contributed by atoms with van der Waals surface area (Å²) in [6, 6.07) is 7.18. The molecule has 1 heteroatoms. The van der Waals surface area contributed by atoms with E-state index in [1.165, 1.54) is 43.5 Å². The van der Waals surface area contributed by atoms with Gasteiger partial charge in [-0.1, -0.05) is 39.0 Å². The summed E-state index contributed by atoms with van der Waals surface area (Å²) in [5.74, 6) is 0.802. The highest BCUT2D eigenvalue weighted by molar-refractivity contribution is 5.37. The van der Waals surface area contributed by atoms with E-state index in [9.17, 15) is 0 Å². The first-order valence-corrected chi connectivity index (χ1v) is 7.71. The van der Waals surface area contributed by atoms with Gasteiger partial charge in [0.1, 0.15) is 0 Å². The number of hydrogen-bond donors (Lipinski definition) is 1. The smallest absolute Gasteiger partial charge is 0.00204 e. The zero-order valence-electron chi connectivity index (χ0n) is 12.8. The maximum absolute atomic E-state index is 3.46. The minimum atomic E-state index is 0.262. The van der Waals surface area contributed by atoms with Crippen molar-refractivity contribution >= 4 is 0 Å². The van der Waals surface area contributed by atoms with Crippen LogP contribution in [0.4, 0.5) is 0 Å². The molecular weight excluding hydrogens is 230 g/mol. The molecule has 2 fully saturated rings. The van der Waals surface area contributed by atoms with Gasteiger partial charge in [0.25, 0.3) is 0 Å². The second kappa shape index (κ2) is 4.34. The monoisotopic (exact) mass is 257 g/mol. The van der Waals surface area contributed by atoms with Crippen molar-refractivity contribution < 1.29 is 0 Å². The molecule has 3 rings (SSSR count). The van der Waals surface area contributed by atoms with E-state index in [2.05, 4.69) is 51.2 Å². The van der Waals surface area contributed by atoms with Crippen LogP contribution < -0.4 is 5.32 Å². The Bertz CT molecular complexity index is 477. The van der Waals surface area contributed by atoms with E-state index >= 15 is 0 Å². The molecule has 2 aliphatic rings. The van der Waals surface area contributed by atoms with Gasteiger partial charge in [0, 0.05) is 13.1 Å². The fraction of sp³-hybridized carbons (Fsp3) is 0.667. The molecule has 1 atom stereocenters. The fourth-order valence-electron chi connectivity index (χ4n) is 3.87. The minimum absolute atomic E-state index is 0.262. The van der Waals surface area contributed by atoms with E-state index in [-0.39, 0.29) is 5.41 Å². The lowest BCUT2D eigenvalue weighted by Gasteiger charge is -2.39. The lowest BCUT2D eigenvalue weighted by molar-refractivity contribution is 0.175.